The molecular formula is C49H91NO5. The van der Waals surface area contributed by atoms with E-state index in [0.29, 0.717) is 19.4 Å². The van der Waals surface area contributed by atoms with Crippen molar-refractivity contribution in [3.63, 3.8) is 0 Å². The number of esters is 1. The quantitative estimate of drug-likeness (QED) is 0.0326. The van der Waals surface area contributed by atoms with Crippen LogP contribution in [0.1, 0.15) is 239 Å². The Balaban J connectivity index is 3.59. The van der Waals surface area contributed by atoms with Gasteiger partial charge in [-0.05, 0) is 77.0 Å². The fourth-order valence-corrected chi connectivity index (χ4v) is 6.92. The van der Waals surface area contributed by atoms with E-state index >= 15 is 0 Å². The average Bonchev–Trinajstić information content (AvgIpc) is 3.18. The van der Waals surface area contributed by atoms with Crippen LogP contribution in [0.3, 0.4) is 0 Å². The zero-order valence-corrected chi connectivity index (χ0v) is 36.4. The molecule has 0 saturated heterocycles. The lowest BCUT2D eigenvalue weighted by molar-refractivity contribution is -0.143. The number of amides is 1. The number of carbonyl (C=O) groups excluding carboxylic acids is 2. The molecule has 6 nitrogen and oxygen atoms in total. The van der Waals surface area contributed by atoms with Crippen LogP contribution in [0, 0.1) is 0 Å². The van der Waals surface area contributed by atoms with Crippen molar-refractivity contribution in [1.82, 2.24) is 5.32 Å². The molecule has 0 aliphatic heterocycles. The normalized spacial score (nSPS) is 13.0. The van der Waals surface area contributed by atoms with Crippen LogP contribution in [-0.2, 0) is 14.3 Å². The van der Waals surface area contributed by atoms with Crippen LogP contribution >= 0.6 is 0 Å². The van der Waals surface area contributed by atoms with Gasteiger partial charge in [0, 0.05) is 12.8 Å². The second kappa shape index (κ2) is 44.8. The van der Waals surface area contributed by atoms with Gasteiger partial charge in [0.2, 0.25) is 5.91 Å². The van der Waals surface area contributed by atoms with Crippen molar-refractivity contribution in [2.75, 3.05) is 13.2 Å². The van der Waals surface area contributed by atoms with E-state index in [-0.39, 0.29) is 18.5 Å². The first-order valence-corrected chi connectivity index (χ1v) is 23.8. The second-order valence-corrected chi connectivity index (χ2v) is 16.1. The molecule has 0 aromatic carbocycles. The van der Waals surface area contributed by atoms with Crippen molar-refractivity contribution in [2.24, 2.45) is 0 Å². The maximum atomic E-state index is 12.4. The third-order valence-corrected chi connectivity index (χ3v) is 10.6. The molecule has 0 heterocycles. The van der Waals surface area contributed by atoms with Crippen molar-refractivity contribution < 1.29 is 24.5 Å². The lowest BCUT2D eigenvalue weighted by atomic mass is 10.0. The lowest BCUT2D eigenvalue weighted by Crippen LogP contribution is -2.45. The van der Waals surface area contributed by atoms with Gasteiger partial charge in [0.05, 0.1) is 25.4 Å². The monoisotopic (exact) mass is 774 g/mol. The molecule has 6 heteroatoms. The van der Waals surface area contributed by atoms with Crippen LogP contribution in [0.15, 0.2) is 36.5 Å². The molecule has 0 aliphatic carbocycles. The van der Waals surface area contributed by atoms with Gasteiger partial charge >= 0.3 is 5.97 Å². The number of rotatable bonds is 43. The highest BCUT2D eigenvalue weighted by molar-refractivity contribution is 5.76. The summed E-state index contributed by atoms with van der Waals surface area (Å²) in [5.74, 6) is -0.177. The van der Waals surface area contributed by atoms with E-state index in [9.17, 15) is 19.8 Å². The summed E-state index contributed by atoms with van der Waals surface area (Å²) in [4.78, 5) is 24.4. The minimum atomic E-state index is -0.875. The van der Waals surface area contributed by atoms with Crippen molar-refractivity contribution in [3.8, 4) is 0 Å². The molecule has 0 rings (SSSR count). The number of aliphatic hydroxyl groups excluding tert-OH is 2. The van der Waals surface area contributed by atoms with Crippen molar-refractivity contribution in [3.05, 3.63) is 36.5 Å². The minimum Gasteiger partial charge on any atom is -0.466 e. The number of unbranched alkanes of at least 4 members (excludes halogenated alkanes) is 28. The zero-order valence-electron chi connectivity index (χ0n) is 36.4. The maximum Gasteiger partial charge on any atom is 0.305 e. The average molecular weight is 774 g/mol. The maximum absolute atomic E-state index is 12.4. The van der Waals surface area contributed by atoms with Gasteiger partial charge in [0.1, 0.15) is 0 Å². The molecule has 0 spiro atoms. The predicted octanol–water partition coefficient (Wildman–Crippen LogP) is 13.7. The molecule has 0 fully saturated rings. The van der Waals surface area contributed by atoms with Gasteiger partial charge in [-0.1, -0.05) is 185 Å². The summed E-state index contributed by atoms with van der Waals surface area (Å²) >= 11 is 0. The van der Waals surface area contributed by atoms with Gasteiger partial charge in [0.15, 0.2) is 0 Å². The summed E-state index contributed by atoms with van der Waals surface area (Å²) in [6.07, 6.45) is 52.8. The van der Waals surface area contributed by atoms with Crippen LogP contribution < -0.4 is 5.32 Å². The highest BCUT2D eigenvalue weighted by atomic mass is 16.5. The standard InChI is InChI=1S/C49H91NO5/c1-3-5-7-9-11-13-15-17-18-19-21-23-27-31-35-39-43-49(54)55-44-40-36-32-28-24-26-30-34-38-42-48(53)50-46(45-51)47(52)41-37-33-29-25-22-20-16-14-12-10-8-6-4-2/h18-19,26,30,37,41,46-47,51-52H,3-17,20-25,27-29,31-36,38-40,42-45H2,1-2H3,(H,50,53)/b19-18-,30-26-,41-37+. The van der Waals surface area contributed by atoms with Gasteiger partial charge in [-0.2, -0.15) is 0 Å². The minimum absolute atomic E-state index is 0.0465. The van der Waals surface area contributed by atoms with Gasteiger partial charge in [-0.15, -0.1) is 0 Å². The van der Waals surface area contributed by atoms with Crippen molar-refractivity contribution in [1.29, 1.82) is 0 Å². The third kappa shape index (κ3) is 41.5. The van der Waals surface area contributed by atoms with Gasteiger partial charge in [0.25, 0.3) is 0 Å². The first-order valence-electron chi connectivity index (χ1n) is 23.8. The Kier molecular flexibility index (Phi) is 43.2. The lowest BCUT2D eigenvalue weighted by Gasteiger charge is -2.19. The smallest absolute Gasteiger partial charge is 0.305 e. The Morgan fingerprint density at radius 2 is 0.873 bits per heavy atom. The number of ether oxygens (including phenoxy) is 1. The molecular weight excluding hydrogens is 683 g/mol. The molecule has 2 unspecified atom stereocenters. The Hall–Kier alpha value is -1.92. The molecule has 322 valence electrons. The summed E-state index contributed by atoms with van der Waals surface area (Å²) in [6, 6.07) is -0.665. The van der Waals surface area contributed by atoms with E-state index in [1.165, 1.54) is 141 Å². The fraction of sp³-hybridized carbons (Fsp3) is 0.837. The number of hydrogen-bond acceptors (Lipinski definition) is 5. The van der Waals surface area contributed by atoms with E-state index in [2.05, 4.69) is 43.5 Å². The zero-order chi connectivity index (χ0) is 40.1. The van der Waals surface area contributed by atoms with Crippen LogP contribution in [0.4, 0.5) is 0 Å². The molecule has 2 atom stereocenters. The van der Waals surface area contributed by atoms with Gasteiger partial charge in [-0.25, -0.2) is 0 Å². The van der Waals surface area contributed by atoms with Crippen LogP contribution in [0.2, 0.25) is 0 Å². The number of allylic oxidation sites excluding steroid dienone is 5. The van der Waals surface area contributed by atoms with Crippen molar-refractivity contribution >= 4 is 11.9 Å². The number of nitrogens with one attached hydrogen (secondary N) is 1. The molecule has 55 heavy (non-hydrogen) atoms. The molecule has 0 bridgehead atoms. The van der Waals surface area contributed by atoms with Crippen LogP contribution in [0.25, 0.3) is 0 Å². The third-order valence-electron chi connectivity index (χ3n) is 10.6. The van der Waals surface area contributed by atoms with Gasteiger partial charge < -0.3 is 20.3 Å². The number of hydrogen-bond donors (Lipinski definition) is 3. The number of carbonyl (C=O) groups is 2. The topological polar surface area (TPSA) is 95.9 Å². The second-order valence-electron chi connectivity index (χ2n) is 16.1. The number of aliphatic hydroxyl groups is 2. The van der Waals surface area contributed by atoms with E-state index in [1.807, 2.05) is 6.08 Å². The Bertz CT molecular complexity index is 900. The van der Waals surface area contributed by atoms with E-state index in [0.717, 1.165) is 70.6 Å². The Labute approximate surface area is 341 Å². The summed E-state index contributed by atoms with van der Waals surface area (Å²) in [6.45, 7) is 4.78. The first kappa shape index (κ1) is 53.1. The predicted molar refractivity (Wildman–Crippen MR) is 236 cm³/mol. The molecule has 0 aromatic heterocycles. The highest BCUT2D eigenvalue weighted by Crippen LogP contribution is 2.14. The Morgan fingerprint density at radius 1 is 0.491 bits per heavy atom. The summed E-state index contributed by atoms with van der Waals surface area (Å²) in [5.41, 5.74) is 0. The SMILES string of the molecule is CCCCCCCCC/C=C\CCCCCCCC(=O)OCCCCCC/C=C\CCCC(=O)NC(CO)C(O)/C=C/CCCCCCCCCCCCC. The molecule has 0 saturated carbocycles. The van der Waals surface area contributed by atoms with E-state index < -0.39 is 12.1 Å². The van der Waals surface area contributed by atoms with E-state index in [1.54, 1.807) is 6.08 Å². The highest BCUT2D eigenvalue weighted by Gasteiger charge is 2.17. The molecule has 0 radical (unpaired) electrons. The molecule has 1 amide bonds. The molecule has 0 aromatic rings. The Morgan fingerprint density at radius 3 is 1.33 bits per heavy atom. The molecule has 3 N–H and O–H groups in total. The molecule has 0 aliphatic rings. The van der Waals surface area contributed by atoms with Gasteiger partial charge in [-0.3, -0.25) is 9.59 Å². The fourth-order valence-electron chi connectivity index (χ4n) is 6.92. The summed E-state index contributed by atoms with van der Waals surface area (Å²) in [7, 11) is 0. The largest absolute Gasteiger partial charge is 0.466 e. The first-order chi connectivity index (χ1) is 27.0. The van der Waals surface area contributed by atoms with Crippen LogP contribution in [-0.4, -0.2) is 47.4 Å². The van der Waals surface area contributed by atoms with Crippen LogP contribution in [0.5, 0.6) is 0 Å². The summed E-state index contributed by atoms with van der Waals surface area (Å²) < 4.78 is 5.43. The summed E-state index contributed by atoms with van der Waals surface area (Å²) in [5, 5.41) is 22.9. The van der Waals surface area contributed by atoms with Crippen molar-refractivity contribution in [2.45, 2.75) is 251 Å². The van der Waals surface area contributed by atoms with E-state index in [4.69, 9.17) is 4.74 Å².